The highest BCUT2D eigenvalue weighted by Gasteiger charge is 2.32. The van der Waals surface area contributed by atoms with Gasteiger partial charge in [-0.1, -0.05) is 54.6 Å². The van der Waals surface area contributed by atoms with Gasteiger partial charge in [0.1, 0.15) is 10.6 Å². The first-order chi connectivity index (χ1) is 14.0. The van der Waals surface area contributed by atoms with Crippen molar-refractivity contribution in [2.75, 3.05) is 5.32 Å². The van der Waals surface area contributed by atoms with Gasteiger partial charge in [-0.05, 0) is 35.4 Å². The summed E-state index contributed by atoms with van der Waals surface area (Å²) < 4.78 is 66.1. The Labute approximate surface area is 174 Å². The average molecular weight is 449 g/mol. The van der Waals surface area contributed by atoms with E-state index in [1.165, 1.54) is 36.4 Å². The fraction of sp³-hybridized carbons (Fsp3) is 0.100. The first-order valence-electron chi connectivity index (χ1n) is 8.75. The molecular formula is C20H20N2O6S2. The summed E-state index contributed by atoms with van der Waals surface area (Å²) in [6.07, 6.45) is 5.42. The predicted molar refractivity (Wildman–Crippen MR) is 115 cm³/mol. The van der Waals surface area contributed by atoms with Crippen molar-refractivity contribution >= 4 is 32.0 Å². The van der Waals surface area contributed by atoms with E-state index in [9.17, 15) is 25.9 Å². The maximum absolute atomic E-state index is 12.0. The number of hydrogen-bond donors (Lipinski definition) is 4. The molecule has 1 unspecified atom stereocenters. The van der Waals surface area contributed by atoms with Crippen LogP contribution in [0.2, 0.25) is 0 Å². The van der Waals surface area contributed by atoms with Crippen LogP contribution in [0.1, 0.15) is 12.0 Å². The number of nitrogens with two attached hydrogens (primary N) is 1. The Morgan fingerprint density at radius 1 is 0.900 bits per heavy atom. The zero-order valence-electron chi connectivity index (χ0n) is 15.6. The molecule has 0 fully saturated rings. The normalized spacial score (nSPS) is 20.0. The van der Waals surface area contributed by atoms with Crippen LogP contribution in [0, 0.1) is 0 Å². The topological polar surface area (TPSA) is 147 Å². The summed E-state index contributed by atoms with van der Waals surface area (Å²) in [6, 6.07) is 14.6. The number of anilines is 1. The van der Waals surface area contributed by atoms with Gasteiger partial charge in [-0.25, -0.2) is 0 Å². The van der Waals surface area contributed by atoms with Crippen molar-refractivity contribution in [1.82, 2.24) is 0 Å². The van der Waals surface area contributed by atoms with Crippen LogP contribution in [-0.4, -0.2) is 31.6 Å². The van der Waals surface area contributed by atoms with Gasteiger partial charge in [-0.2, -0.15) is 16.8 Å². The molecule has 1 aliphatic rings. The second-order valence-corrected chi connectivity index (χ2v) is 9.57. The first kappa shape index (κ1) is 21.9. The van der Waals surface area contributed by atoms with Crippen LogP contribution in [0.25, 0.3) is 6.08 Å². The summed E-state index contributed by atoms with van der Waals surface area (Å²) in [4.78, 5) is -0.648. The van der Waals surface area contributed by atoms with Crippen molar-refractivity contribution in [3.63, 3.8) is 0 Å². The minimum Gasteiger partial charge on any atom is -0.364 e. The lowest BCUT2D eigenvalue weighted by molar-refractivity contribution is 0.480. The zero-order chi connectivity index (χ0) is 22.0. The summed E-state index contributed by atoms with van der Waals surface area (Å²) >= 11 is 0. The van der Waals surface area contributed by atoms with Crippen LogP contribution in [0.15, 0.2) is 88.2 Å². The molecule has 2 aromatic carbocycles. The quantitative estimate of drug-likeness (QED) is 0.390. The Hall–Kier alpha value is -2.76. The zero-order valence-corrected chi connectivity index (χ0v) is 17.3. The van der Waals surface area contributed by atoms with Crippen LogP contribution in [-0.2, 0) is 20.2 Å². The van der Waals surface area contributed by atoms with Crippen LogP contribution in [0.5, 0.6) is 0 Å². The fourth-order valence-electron chi connectivity index (χ4n) is 3.06. The first-order valence-corrected chi connectivity index (χ1v) is 11.6. The summed E-state index contributed by atoms with van der Waals surface area (Å²) in [5, 5.41) is 3.03. The van der Waals surface area contributed by atoms with Gasteiger partial charge < -0.3 is 11.1 Å². The number of benzene rings is 2. The smallest absolute Gasteiger partial charge is 0.295 e. The van der Waals surface area contributed by atoms with Crippen molar-refractivity contribution in [2.45, 2.75) is 17.0 Å². The Bertz CT molecular complexity index is 1250. The molecule has 158 valence electrons. The summed E-state index contributed by atoms with van der Waals surface area (Å²) in [5.74, 6) is 0. The fourth-order valence-corrected chi connectivity index (χ4v) is 4.60. The van der Waals surface area contributed by atoms with Crippen molar-refractivity contribution in [3.05, 3.63) is 88.9 Å². The van der Waals surface area contributed by atoms with E-state index in [-0.39, 0.29) is 27.4 Å². The molecule has 1 aliphatic carbocycles. The van der Waals surface area contributed by atoms with E-state index in [1.54, 1.807) is 36.4 Å². The standard InChI is InChI=1S/C20H20N2O6S2/c21-20(22-17-7-2-1-3-8-17)13-12-16(19(14-20)30(26,27)28)11-10-15-6-4-5-9-18(15)29(23,24)25/h1-13,22H,14,21H2,(H,23,24,25)(H,26,27,28). The molecule has 0 aliphatic heterocycles. The molecule has 0 amide bonds. The highest BCUT2D eigenvalue weighted by molar-refractivity contribution is 7.89. The Morgan fingerprint density at radius 3 is 2.17 bits per heavy atom. The average Bonchev–Trinajstić information content (AvgIpc) is 2.66. The number of para-hydroxylation sites is 1. The van der Waals surface area contributed by atoms with Gasteiger partial charge in [0.25, 0.3) is 20.2 Å². The van der Waals surface area contributed by atoms with Crippen molar-refractivity contribution in [2.24, 2.45) is 5.73 Å². The maximum Gasteiger partial charge on any atom is 0.295 e. The van der Waals surface area contributed by atoms with E-state index in [0.717, 1.165) is 0 Å². The molecule has 8 nitrogen and oxygen atoms in total. The van der Waals surface area contributed by atoms with Gasteiger partial charge in [0.05, 0.1) is 4.91 Å². The predicted octanol–water partition coefficient (Wildman–Crippen LogP) is 2.82. The van der Waals surface area contributed by atoms with Gasteiger partial charge in [0.2, 0.25) is 0 Å². The largest absolute Gasteiger partial charge is 0.364 e. The molecule has 0 saturated heterocycles. The molecule has 0 bridgehead atoms. The van der Waals surface area contributed by atoms with E-state index in [2.05, 4.69) is 5.32 Å². The Balaban J connectivity index is 1.97. The maximum atomic E-state index is 12.0. The van der Waals surface area contributed by atoms with E-state index >= 15 is 0 Å². The number of nitrogens with one attached hydrogen (secondary N) is 1. The second-order valence-electron chi connectivity index (χ2n) is 6.74. The van der Waals surface area contributed by atoms with Crippen molar-refractivity contribution in [1.29, 1.82) is 0 Å². The molecule has 10 heteroatoms. The molecule has 5 N–H and O–H groups in total. The van der Waals surface area contributed by atoms with E-state index in [0.29, 0.717) is 5.69 Å². The Morgan fingerprint density at radius 2 is 1.53 bits per heavy atom. The third-order valence-corrected chi connectivity index (χ3v) is 6.37. The minimum absolute atomic E-state index is 0.138. The number of rotatable bonds is 6. The molecule has 0 saturated carbocycles. The van der Waals surface area contributed by atoms with Gasteiger partial charge >= 0.3 is 0 Å². The Kier molecular flexibility index (Phi) is 5.97. The molecule has 2 aromatic rings. The summed E-state index contributed by atoms with van der Waals surface area (Å²) in [7, 11) is -9.06. The third kappa shape index (κ3) is 5.23. The van der Waals surface area contributed by atoms with Crippen molar-refractivity contribution < 1.29 is 25.9 Å². The molecule has 30 heavy (non-hydrogen) atoms. The lowest BCUT2D eigenvalue weighted by Crippen LogP contribution is -2.48. The van der Waals surface area contributed by atoms with Gasteiger partial charge in [0.15, 0.2) is 0 Å². The van der Waals surface area contributed by atoms with E-state index in [1.807, 2.05) is 6.07 Å². The van der Waals surface area contributed by atoms with Gasteiger partial charge in [0, 0.05) is 12.1 Å². The highest BCUT2D eigenvalue weighted by atomic mass is 32.2. The lowest BCUT2D eigenvalue weighted by atomic mass is 9.96. The molecular weight excluding hydrogens is 428 g/mol. The molecule has 0 aromatic heterocycles. The summed E-state index contributed by atoms with van der Waals surface area (Å²) in [6.45, 7) is 0. The highest BCUT2D eigenvalue weighted by Crippen LogP contribution is 2.31. The molecule has 0 radical (unpaired) electrons. The van der Waals surface area contributed by atoms with E-state index in [4.69, 9.17) is 5.73 Å². The van der Waals surface area contributed by atoms with Crippen LogP contribution in [0.4, 0.5) is 5.69 Å². The second kappa shape index (κ2) is 8.17. The number of hydrogen-bond acceptors (Lipinski definition) is 6. The number of allylic oxidation sites excluding steroid dienone is 3. The van der Waals surface area contributed by atoms with Gasteiger partial charge in [-0.3, -0.25) is 9.11 Å². The molecule has 0 spiro atoms. The lowest BCUT2D eigenvalue weighted by Gasteiger charge is -2.32. The van der Waals surface area contributed by atoms with Gasteiger partial charge in [-0.15, -0.1) is 0 Å². The van der Waals surface area contributed by atoms with Crippen molar-refractivity contribution in [3.8, 4) is 0 Å². The van der Waals surface area contributed by atoms with Crippen LogP contribution < -0.4 is 11.1 Å². The van der Waals surface area contributed by atoms with E-state index < -0.39 is 25.9 Å². The summed E-state index contributed by atoms with van der Waals surface area (Å²) in [5.41, 5.74) is 5.98. The molecule has 0 heterocycles. The van der Waals surface area contributed by atoms with Crippen LogP contribution in [0.3, 0.4) is 0 Å². The minimum atomic E-state index is -4.59. The van der Waals surface area contributed by atoms with Crippen LogP contribution >= 0.6 is 0 Å². The molecule has 3 rings (SSSR count). The third-order valence-electron chi connectivity index (χ3n) is 4.44. The monoisotopic (exact) mass is 448 g/mol. The molecule has 1 atom stereocenters. The SMILES string of the molecule is NC1(Nc2ccccc2)C=CC(C=Cc2ccccc2S(=O)(=O)O)=C(S(=O)(=O)O)C1.